The highest BCUT2D eigenvalue weighted by Gasteiger charge is 2.08. The van der Waals surface area contributed by atoms with Crippen LogP contribution in [0.4, 0.5) is 0 Å². The van der Waals surface area contributed by atoms with Crippen molar-refractivity contribution in [3.63, 3.8) is 0 Å². The van der Waals surface area contributed by atoms with Crippen LogP contribution in [0.15, 0.2) is 66.1 Å². The topological polar surface area (TPSA) is 50.8 Å². The Kier molecular flexibility index (Phi) is 4.65. The summed E-state index contributed by atoms with van der Waals surface area (Å²) < 4.78 is 7.21. The first-order valence-electron chi connectivity index (χ1n) is 7.10. The number of hydrogen-bond acceptors (Lipinski definition) is 4. The maximum atomic E-state index is 9.17. The van der Waals surface area contributed by atoms with Crippen molar-refractivity contribution in [2.24, 2.45) is 0 Å². The molecule has 0 unspecified atom stereocenters. The molecule has 0 bridgehead atoms. The Morgan fingerprint density at radius 2 is 1.96 bits per heavy atom. The summed E-state index contributed by atoms with van der Waals surface area (Å²) in [5.74, 6) is 1.53. The van der Waals surface area contributed by atoms with Crippen molar-refractivity contribution >= 4 is 11.8 Å². The molecule has 1 heterocycles. The van der Waals surface area contributed by atoms with Crippen LogP contribution in [0.1, 0.15) is 11.1 Å². The Hall–Kier alpha value is -2.71. The number of hydrogen-bond donors (Lipinski definition) is 0. The molecular weight excluding hydrogens is 306 g/mol. The second-order valence-electron chi connectivity index (χ2n) is 4.84. The van der Waals surface area contributed by atoms with Gasteiger partial charge in [-0.05, 0) is 35.9 Å². The third-order valence-electron chi connectivity index (χ3n) is 3.45. The molecule has 0 spiro atoms. The van der Waals surface area contributed by atoms with Gasteiger partial charge in [0.05, 0.1) is 18.7 Å². The Labute approximate surface area is 139 Å². The lowest BCUT2D eigenvalue weighted by Crippen LogP contribution is -1.96. The molecule has 4 nitrogen and oxygen atoms in total. The highest BCUT2D eigenvalue weighted by molar-refractivity contribution is 7.98. The van der Waals surface area contributed by atoms with Crippen molar-refractivity contribution in [1.29, 1.82) is 5.26 Å². The van der Waals surface area contributed by atoms with Crippen LogP contribution in [0.3, 0.4) is 0 Å². The predicted octanol–water partition coefficient (Wildman–Crippen LogP) is 4.04. The van der Waals surface area contributed by atoms with E-state index in [-0.39, 0.29) is 0 Å². The minimum absolute atomic E-state index is 0.705. The van der Waals surface area contributed by atoms with Crippen LogP contribution < -0.4 is 4.74 Å². The van der Waals surface area contributed by atoms with Crippen LogP contribution in [0.25, 0.3) is 5.69 Å². The highest BCUT2D eigenvalue weighted by atomic mass is 32.2. The molecule has 1 aromatic heterocycles. The van der Waals surface area contributed by atoms with Crippen LogP contribution in [0.5, 0.6) is 5.75 Å². The zero-order valence-corrected chi connectivity index (χ0v) is 13.5. The van der Waals surface area contributed by atoms with Crippen LogP contribution >= 0.6 is 11.8 Å². The normalized spacial score (nSPS) is 10.3. The summed E-state index contributed by atoms with van der Waals surface area (Å²) in [4.78, 5) is 4.42. The summed E-state index contributed by atoms with van der Waals surface area (Å²) in [5, 5.41) is 10.1. The standard InChI is InChI=1S/C18H15N3OS/c1-22-17-8-6-16(7-9-17)21-11-10-20-18(21)23-13-15-5-3-2-4-14(15)12-19/h2-11H,13H2,1H3. The van der Waals surface area contributed by atoms with Gasteiger partial charge in [-0.15, -0.1) is 0 Å². The summed E-state index contributed by atoms with van der Waals surface area (Å²) >= 11 is 1.61. The van der Waals surface area contributed by atoms with E-state index in [0.717, 1.165) is 22.2 Å². The lowest BCUT2D eigenvalue weighted by Gasteiger charge is -2.09. The van der Waals surface area contributed by atoms with Crippen molar-refractivity contribution in [3.8, 4) is 17.5 Å². The van der Waals surface area contributed by atoms with E-state index < -0.39 is 0 Å². The molecule has 0 radical (unpaired) electrons. The molecule has 0 aliphatic rings. The Morgan fingerprint density at radius 1 is 1.17 bits per heavy atom. The number of aromatic nitrogens is 2. The molecule has 0 atom stereocenters. The summed E-state index contributed by atoms with van der Waals surface area (Å²) in [7, 11) is 1.65. The summed E-state index contributed by atoms with van der Waals surface area (Å²) in [6.45, 7) is 0. The summed E-state index contributed by atoms with van der Waals surface area (Å²) in [6, 6.07) is 17.7. The Balaban J connectivity index is 1.80. The number of nitrogens with zero attached hydrogens (tertiary/aromatic N) is 3. The van der Waals surface area contributed by atoms with Crippen LogP contribution in [0, 0.1) is 11.3 Å². The van der Waals surface area contributed by atoms with E-state index in [0.29, 0.717) is 11.3 Å². The molecular formula is C18H15N3OS. The minimum Gasteiger partial charge on any atom is -0.497 e. The molecule has 5 heteroatoms. The fraction of sp³-hybridized carbons (Fsp3) is 0.111. The molecule has 3 rings (SSSR count). The molecule has 0 aliphatic carbocycles. The van der Waals surface area contributed by atoms with E-state index in [1.54, 1.807) is 25.1 Å². The Bertz CT molecular complexity index is 834. The first-order chi connectivity index (χ1) is 11.3. The second kappa shape index (κ2) is 7.03. The van der Waals surface area contributed by atoms with Gasteiger partial charge in [-0.1, -0.05) is 30.0 Å². The van der Waals surface area contributed by atoms with Crippen molar-refractivity contribution < 1.29 is 4.74 Å². The zero-order chi connectivity index (χ0) is 16.1. The van der Waals surface area contributed by atoms with Crippen molar-refractivity contribution in [2.75, 3.05) is 7.11 Å². The molecule has 3 aromatic rings. The third kappa shape index (κ3) is 3.38. The minimum atomic E-state index is 0.705. The van der Waals surface area contributed by atoms with E-state index >= 15 is 0 Å². The largest absolute Gasteiger partial charge is 0.497 e. The van der Waals surface area contributed by atoms with E-state index in [9.17, 15) is 0 Å². The molecule has 0 saturated heterocycles. The van der Waals surface area contributed by atoms with Gasteiger partial charge in [-0.25, -0.2) is 4.98 Å². The molecule has 2 aromatic carbocycles. The van der Waals surface area contributed by atoms with Gasteiger partial charge in [-0.2, -0.15) is 5.26 Å². The number of benzene rings is 2. The number of thioether (sulfide) groups is 1. The first kappa shape index (κ1) is 15.2. The van der Waals surface area contributed by atoms with Gasteiger partial charge in [-0.3, -0.25) is 4.57 Å². The van der Waals surface area contributed by atoms with Gasteiger partial charge in [0.2, 0.25) is 0 Å². The maximum absolute atomic E-state index is 9.17. The lowest BCUT2D eigenvalue weighted by atomic mass is 10.1. The number of ether oxygens (including phenoxy) is 1. The van der Waals surface area contributed by atoms with Gasteiger partial charge >= 0.3 is 0 Å². The number of imidazole rings is 1. The molecule has 0 amide bonds. The van der Waals surface area contributed by atoms with Crippen molar-refractivity contribution in [1.82, 2.24) is 9.55 Å². The van der Waals surface area contributed by atoms with E-state index in [1.165, 1.54) is 0 Å². The maximum Gasteiger partial charge on any atom is 0.172 e. The van der Waals surface area contributed by atoms with E-state index in [1.807, 2.05) is 59.3 Å². The van der Waals surface area contributed by atoms with E-state index in [4.69, 9.17) is 10.00 Å². The smallest absolute Gasteiger partial charge is 0.172 e. The highest BCUT2D eigenvalue weighted by Crippen LogP contribution is 2.26. The van der Waals surface area contributed by atoms with Gasteiger partial charge in [0, 0.05) is 23.8 Å². The Morgan fingerprint density at radius 3 is 2.70 bits per heavy atom. The molecule has 0 N–H and O–H groups in total. The van der Waals surface area contributed by atoms with Crippen molar-refractivity contribution in [2.45, 2.75) is 10.9 Å². The van der Waals surface area contributed by atoms with Gasteiger partial charge in [0.25, 0.3) is 0 Å². The van der Waals surface area contributed by atoms with Crippen LogP contribution in [0.2, 0.25) is 0 Å². The first-order valence-corrected chi connectivity index (χ1v) is 8.09. The second-order valence-corrected chi connectivity index (χ2v) is 5.78. The van der Waals surface area contributed by atoms with Crippen LogP contribution in [-0.2, 0) is 5.75 Å². The molecule has 0 aliphatic heterocycles. The average Bonchev–Trinajstić information content (AvgIpc) is 3.08. The number of methoxy groups -OCH3 is 1. The fourth-order valence-corrected chi connectivity index (χ4v) is 3.21. The third-order valence-corrected chi connectivity index (χ3v) is 4.47. The lowest BCUT2D eigenvalue weighted by molar-refractivity contribution is 0.414. The summed E-state index contributed by atoms with van der Waals surface area (Å²) in [6.07, 6.45) is 3.71. The van der Waals surface area contributed by atoms with Crippen LogP contribution in [-0.4, -0.2) is 16.7 Å². The van der Waals surface area contributed by atoms with Gasteiger partial charge < -0.3 is 4.74 Å². The predicted molar refractivity (Wildman–Crippen MR) is 90.8 cm³/mol. The molecule has 23 heavy (non-hydrogen) atoms. The quantitative estimate of drug-likeness (QED) is 0.665. The van der Waals surface area contributed by atoms with E-state index in [2.05, 4.69) is 11.1 Å². The average molecular weight is 321 g/mol. The SMILES string of the molecule is COc1ccc(-n2ccnc2SCc2ccccc2C#N)cc1. The monoisotopic (exact) mass is 321 g/mol. The van der Waals surface area contributed by atoms with Crippen molar-refractivity contribution in [3.05, 3.63) is 72.1 Å². The zero-order valence-electron chi connectivity index (χ0n) is 12.6. The van der Waals surface area contributed by atoms with Gasteiger partial charge in [0.15, 0.2) is 5.16 Å². The molecule has 0 saturated carbocycles. The molecule has 0 fully saturated rings. The van der Waals surface area contributed by atoms with Gasteiger partial charge in [0.1, 0.15) is 5.75 Å². The number of nitriles is 1. The fourth-order valence-electron chi connectivity index (χ4n) is 2.23. The number of rotatable bonds is 5. The summed E-state index contributed by atoms with van der Waals surface area (Å²) in [5.41, 5.74) is 2.76. The molecule has 114 valence electrons.